The first-order valence-electron chi connectivity index (χ1n) is 8.41. The summed E-state index contributed by atoms with van der Waals surface area (Å²) in [4.78, 5) is 12.6. The summed E-state index contributed by atoms with van der Waals surface area (Å²) in [6.45, 7) is 2.15. The Labute approximate surface area is 138 Å². The molecule has 1 aromatic rings. The normalized spacial score (nSPS) is 25.0. The van der Waals surface area contributed by atoms with E-state index in [0.717, 1.165) is 50.9 Å². The Hall–Kier alpha value is -1.06. The van der Waals surface area contributed by atoms with Crippen LogP contribution in [0.5, 0.6) is 0 Å². The Morgan fingerprint density at radius 2 is 1.95 bits per heavy atom. The third kappa shape index (κ3) is 2.77. The molecule has 120 valence electrons. The van der Waals surface area contributed by atoms with Crippen LogP contribution in [0.2, 0.25) is 0 Å². The Kier molecular flexibility index (Phi) is 4.47. The van der Waals surface area contributed by atoms with Gasteiger partial charge in [-0.25, -0.2) is 0 Å². The Morgan fingerprint density at radius 3 is 2.77 bits per heavy atom. The van der Waals surface area contributed by atoms with Gasteiger partial charge in [0, 0.05) is 11.6 Å². The number of hydrogen-bond acceptors (Lipinski definition) is 2. The maximum Gasteiger partial charge on any atom is 0.228 e. The van der Waals surface area contributed by atoms with Crippen molar-refractivity contribution in [1.82, 2.24) is 5.32 Å². The molecule has 4 heteroatoms. The number of amides is 1. The lowest BCUT2D eigenvalue weighted by atomic mass is 9.90. The number of aryl methyl sites for hydroxylation is 1. The second-order valence-electron chi connectivity index (χ2n) is 7.01. The van der Waals surface area contributed by atoms with E-state index in [9.17, 15) is 4.79 Å². The zero-order chi connectivity index (χ0) is 14.3. The third-order valence-corrected chi connectivity index (χ3v) is 5.76. The molecule has 1 amide bonds. The molecule has 1 aliphatic heterocycles. The minimum absolute atomic E-state index is 0. The second kappa shape index (κ2) is 6.21. The van der Waals surface area contributed by atoms with Crippen LogP contribution in [0.4, 0.5) is 5.69 Å². The van der Waals surface area contributed by atoms with Crippen LogP contribution in [0.25, 0.3) is 0 Å². The highest BCUT2D eigenvalue weighted by Crippen LogP contribution is 2.58. The molecule has 22 heavy (non-hydrogen) atoms. The molecule has 1 unspecified atom stereocenters. The molecule has 3 aliphatic rings. The van der Waals surface area contributed by atoms with Crippen molar-refractivity contribution in [3.8, 4) is 0 Å². The first-order valence-corrected chi connectivity index (χ1v) is 8.41. The van der Waals surface area contributed by atoms with Gasteiger partial charge < -0.3 is 10.6 Å². The third-order valence-electron chi connectivity index (χ3n) is 5.76. The molecule has 4 rings (SSSR count). The minimum atomic E-state index is 0. The number of carbonyl (C=O) groups excluding carboxylic acids is 1. The summed E-state index contributed by atoms with van der Waals surface area (Å²) in [5, 5.41) is 6.64. The van der Waals surface area contributed by atoms with E-state index in [0.29, 0.717) is 5.41 Å². The van der Waals surface area contributed by atoms with E-state index in [1.165, 1.54) is 24.0 Å². The predicted octanol–water partition coefficient (Wildman–Crippen LogP) is 3.32. The van der Waals surface area contributed by atoms with Gasteiger partial charge in [-0.2, -0.15) is 0 Å². The molecule has 0 aromatic heterocycles. The van der Waals surface area contributed by atoms with Crippen molar-refractivity contribution < 1.29 is 4.79 Å². The first-order chi connectivity index (χ1) is 10.3. The maximum atomic E-state index is 12.6. The fourth-order valence-electron chi connectivity index (χ4n) is 4.31. The van der Waals surface area contributed by atoms with Crippen LogP contribution in [-0.4, -0.2) is 19.0 Å². The number of rotatable bonds is 2. The van der Waals surface area contributed by atoms with Gasteiger partial charge in [-0.1, -0.05) is 12.1 Å². The van der Waals surface area contributed by atoms with Crippen LogP contribution < -0.4 is 10.6 Å². The molecule has 1 saturated heterocycles. The molecule has 2 aliphatic carbocycles. The van der Waals surface area contributed by atoms with Crippen LogP contribution in [0.3, 0.4) is 0 Å². The number of anilines is 1. The molecule has 0 bridgehead atoms. The van der Waals surface area contributed by atoms with Crippen LogP contribution in [0.15, 0.2) is 18.2 Å². The van der Waals surface area contributed by atoms with Crippen molar-refractivity contribution >= 4 is 24.0 Å². The number of carbonyl (C=O) groups is 1. The molecule has 1 atom stereocenters. The van der Waals surface area contributed by atoms with Crippen molar-refractivity contribution in [3.05, 3.63) is 29.3 Å². The lowest BCUT2D eigenvalue weighted by Crippen LogP contribution is -2.31. The second-order valence-corrected chi connectivity index (χ2v) is 7.01. The van der Waals surface area contributed by atoms with Gasteiger partial charge in [0.25, 0.3) is 0 Å². The number of piperidine rings is 1. The molecule has 2 N–H and O–H groups in total. The monoisotopic (exact) mass is 320 g/mol. The fraction of sp³-hybridized carbons (Fsp3) is 0.611. The first kappa shape index (κ1) is 15.8. The fourth-order valence-corrected chi connectivity index (χ4v) is 4.31. The van der Waals surface area contributed by atoms with Gasteiger partial charge in [-0.05, 0) is 80.6 Å². The zero-order valence-corrected chi connectivity index (χ0v) is 13.8. The minimum Gasteiger partial charge on any atom is -0.326 e. The standard InChI is InChI=1S/C18H24N2O.ClH/c21-17(15-12-18(15)8-10-19-11-9-18)20-16-7-3-5-13-4-1-2-6-14(13)16;/h3,5,7,15,19H,1-2,4,6,8-12H2,(H,20,21);1H. The average Bonchev–Trinajstić information content (AvgIpc) is 3.22. The van der Waals surface area contributed by atoms with E-state index < -0.39 is 0 Å². The molecule has 2 fully saturated rings. The predicted molar refractivity (Wildman–Crippen MR) is 91.6 cm³/mol. The van der Waals surface area contributed by atoms with Gasteiger partial charge in [0.15, 0.2) is 0 Å². The lowest BCUT2D eigenvalue weighted by Gasteiger charge is -2.24. The van der Waals surface area contributed by atoms with E-state index in [4.69, 9.17) is 0 Å². The van der Waals surface area contributed by atoms with Crippen molar-refractivity contribution in [1.29, 1.82) is 0 Å². The summed E-state index contributed by atoms with van der Waals surface area (Å²) in [5.41, 5.74) is 4.22. The van der Waals surface area contributed by atoms with Crippen molar-refractivity contribution in [3.63, 3.8) is 0 Å². The lowest BCUT2D eigenvalue weighted by molar-refractivity contribution is -0.118. The highest BCUT2D eigenvalue weighted by molar-refractivity contribution is 5.96. The molecule has 1 heterocycles. The van der Waals surface area contributed by atoms with Crippen LogP contribution in [0, 0.1) is 11.3 Å². The summed E-state index contributed by atoms with van der Waals surface area (Å²) in [7, 11) is 0. The maximum absolute atomic E-state index is 12.6. The van der Waals surface area contributed by atoms with Crippen molar-refractivity contribution in [2.24, 2.45) is 11.3 Å². The Morgan fingerprint density at radius 1 is 1.18 bits per heavy atom. The highest BCUT2D eigenvalue weighted by atomic mass is 35.5. The topological polar surface area (TPSA) is 41.1 Å². The summed E-state index contributed by atoms with van der Waals surface area (Å²) >= 11 is 0. The number of hydrogen-bond donors (Lipinski definition) is 2. The van der Waals surface area contributed by atoms with E-state index in [2.05, 4.69) is 28.8 Å². The quantitative estimate of drug-likeness (QED) is 0.877. The molecular formula is C18H25ClN2O. The van der Waals surface area contributed by atoms with Crippen LogP contribution in [0.1, 0.15) is 43.2 Å². The van der Waals surface area contributed by atoms with E-state index >= 15 is 0 Å². The number of nitrogens with one attached hydrogen (secondary N) is 2. The van der Waals surface area contributed by atoms with Gasteiger partial charge in [-0.15, -0.1) is 12.4 Å². The van der Waals surface area contributed by atoms with Crippen LogP contribution in [-0.2, 0) is 17.6 Å². The summed E-state index contributed by atoms with van der Waals surface area (Å²) in [5.74, 6) is 0.509. The average molecular weight is 321 g/mol. The largest absolute Gasteiger partial charge is 0.326 e. The molecule has 3 nitrogen and oxygen atoms in total. The molecule has 1 spiro atoms. The highest BCUT2D eigenvalue weighted by Gasteiger charge is 2.57. The molecule has 1 saturated carbocycles. The van der Waals surface area contributed by atoms with E-state index in [1.54, 1.807) is 0 Å². The van der Waals surface area contributed by atoms with Gasteiger partial charge >= 0.3 is 0 Å². The summed E-state index contributed by atoms with van der Waals surface area (Å²) < 4.78 is 0. The number of halogens is 1. The smallest absolute Gasteiger partial charge is 0.228 e. The van der Waals surface area contributed by atoms with Gasteiger partial charge in [0.2, 0.25) is 5.91 Å². The summed E-state index contributed by atoms with van der Waals surface area (Å²) in [6, 6.07) is 6.39. The van der Waals surface area contributed by atoms with Crippen LogP contribution >= 0.6 is 12.4 Å². The Bertz CT molecular complexity index is 566. The van der Waals surface area contributed by atoms with Gasteiger partial charge in [0.05, 0.1) is 0 Å². The van der Waals surface area contributed by atoms with Crippen molar-refractivity contribution in [2.75, 3.05) is 18.4 Å². The van der Waals surface area contributed by atoms with Gasteiger partial charge in [-0.3, -0.25) is 4.79 Å². The van der Waals surface area contributed by atoms with Gasteiger partial charge in [0.1, 0.15) is 0 Å². The number of fused-ring (bicyclic) bond motifs is 1. The van der Waals surface area contributed by atoms with Crippen molar-refractivity contribution in [2.45, 2.75) is 44.9 Å². The Balaban J connectivity index is 0.00000144. The zero-order valence-electron chi connectivity index (χ0n) is 13.0. The van der Waals surface area contributed by atoms with E-state index in [1.807, 2.05) is 0 Å². The molecular weight excluding hydrogens is 296 g/mol. The SMILES string of the molecule is Cl.O=C(Nc1cccc2c1CCCC2)C1CC12CCNCC2. The summed E-state index contributed by atoms with van der Waals surface area (Å²) in [6.07, 6.45) is 8.23. The molecule has 0 radical (unpaired) electrons. The number of benzene rings is 1. The van der Waals surface area contributed by atoms with E-state index in [-0.39, 0.29) is 24.2 Å². The molecule has 1 aromatic carbocycles.